The minimum absolute atomic E-state index is 0.0578. The van der Waals surface area contributed by atoms with E-state index in [9.17, 15) is 9.59 Å². The Kier molecular flexibility index (Phi) is 5.08. The van der Waals surface area contributed by atoms with Crippen LogP contribution in [0, 0.1) is 19.8 Å². The molecule has 1 spiro atoms. The summed E-state index contributed by atoms with van der Waals surface area (Å²) in [6, 6.07) is 7.32. The van der Waals surface area contributed by atoms with E-state index in [0.29, 0.717) is 5.56 Å². The molecule has 3 aliphatic rings. The Morgan fingerprint density at radius 3 is 2.55 bits per heavy atom. The van der Waals surface area contributed by atoms with Crippen molar-refractivity contribution >= 4 is 17.5 Å². The van der Waals surface area contributed by atoms with Gasteiger partial charge in [-0.05, 0) is 70.2 Å². The first-order chi connectivity index (χ1) is 14.9. The van der Waals surface area contributed by atoms with Crippen LogP contribution < -0.4 is 5.32 Å². The van der Waals surface area contributed by atoms with Gasteiger partial charge in [0.25, 0.3) is 5.91 Å². The van der Waals surface area contributed by atoms with E-state index < -0.39 is 0 Å². The fourth-order valence-electron chi connectivity index (χ4n) is 4.97. The van der Waals surface area contributed by atoms with Crippen molar-refractivity contribution in [2.75, 3.05) is 25.0 Å². The molecule has 7 nitrogen and oxygen atoms in total. The second-order valence-corrected chi connectivity index (χ2v) is 9.37. The maximum atomic E-state index is 13.2. The highest BCUT2D eigenvalue weighted by Crippen LogP contribution is 2.40. The Bertz CT molecular complexity index is 975. The summed E-state index contributed by atoms with van der Waals surface area (Å²) < 4.78 is 5.34. The molecule has 2 saturated heterocycles. The van der Waals surface area contributed by atoms with Gasteiger partial charge in [-0.15, -0.1) is 0 Å². The lowest BCUT2D eigenvalue weighted by Crippen LogP contribution is -2.67. The Hall–Kier alpha value is -2.67. The number of hydrogen-bond acceptors (Lipinski definition) is 5. The minimum Gasteiger partial charge on any atom is -0.361 e. The number of hydrogen-bond donors (Lipinski definition) is 1. The van der Waals surface area contributed by atoms with Crippen LogP contribution in [0.15, 0.2) is 28.8 Å². The van der Waals surface area contributed by atoms with Crippen molar-refractivity contribution in [2.24, 2.45) is 5.92 Å². The molecule has 164 valence electrons. The third kappa shape index (κ3) is 3.87. The molecular formula is C24H30N4O3. The Balaban J connectivity index is 1.24. The second kappa shape index (κ2) is 7.79. The zero-order chi connectivity index (χ0) is 21.6. The first-order valence-corrected chi connectivity index (χ1v) is 11.3. The number of anilines is 1. The molecule has 1 aromatic heterocycles. The van der Waals surface area contributed by atoms with Crippen LogP contribution in [0.4, 0.5) is 5.69 Å². The molecule has 2 aliphatic heterocycles. The second-order valence-electron chi connectivity index (χ2n) is 9.37. The van der Waals surface area contributed by atoms with E-state index >= 15 is 0 Å². The van der Waals surface area contributed by atoms with Gasteiger partial charge in [0.2, 0.25) is 5.91 Å². The third-order valence-electron chi connectivity index (χ3n) is 7.24. The molecule has 2 amide bonds. The molecule has 1 N–H and O–H groups in total. The van der Waals surface area contributed by atoms with Crippen LogP contribution in [0.3, 0.4) is 0 Å². The topological polar surface area (TPSA) is 78.7 Å². The number of amides is 2. The lowest BCUT2D eigenvalue weighted by Gasteiger charge is -2.57. The van der Waals surface area contributed by atoms with E-state index in [1.165, 1.54) is 5.56 Å². The Morgan fingerprint density at radius 2 is 1.94 bits per heavy atom. The molecule has 3 fully saturated rings. The van der Waals surface area contributed by atoms with Crippen LogP contribution in [-0.4, -0.2) is 51.9 Å². The van der Waals surface area contributed by atoms with Gasteiger partial charge in [-0.1, -0.05) is 5.16 Å². The van der Waals surface area contributed by atoms with E-state index in [2.05, 4.69) is 15.4 Å². The highest BCUT2D eigenvalue weighted by atomic mass is 16.5. The lowest BCUT2D eigenvalue weighted by molar-refractivity contribution is -0.117. The van der Waals surface area contributed by atoms with E-state index in [-0.39, 0.29) is 23.3 Å². The number of carbonyl (C=O) groups excluding carboxylic acids is 2. The van der Waals surface area contributed by atoms with Crippen LogP contribution in [0.25, 0.3) is 0 Å². The monoisotopic (exact) mass is 422 g/mol. The number of carbonyl (C=O) groups is 2. The standard InChI is InChI=1S/C24H30N4O3/c1-16-21(17(2)31-26-16)14-28-13-11-24(28)10-3-12-27(15-24)23(30)19-6-8-20(9-7-19)25-22(29)18-4-5-18/h6-9,18H,3-5,10-15H2,1-2H3,(H,25,29)/t24-/m1/s1. The number of nitrogens with zero attached hydrogens (tertiary/aromatic N) is 3. The average molecular weight is 423 g/mol. The van der Waals surface area contributed by atoms with Crippen LogP contribution in [-0.2, 0) is 11.3 Å². The SMILES string of the molecule is Cc1noc(C)c1CN1CC[C@@]12CCCN(C(=O)c1ccc(NC(=O)C3CC3)cc1)C2. The molecule has 3 heterocycles. The van der Waals surface area contributed by atoms with Gasteiger partial charge >= 0.3 is 0 Å². The maximum absolute atomic E-state index is 13.2. The van der Waals surface area contributed by atoms with Crippen molar-refractivity contribution in [3.63, 3.8) is 0 Å². The van der Waals surface area contributed by atoms with Gasteiger partial charge in [-0.25, -0.2) is 0 Å². The highest BCUT2D eigenvalue weighted by molar-refractivity contribution is 5.97. The first-order valence-electron chi connectivity index (χ1n) is 11.3. The van der Waals surface area contributed by atoms with Gasteiger partial charge in [0.1, 0.15) is 5.76 Å². The summed E-state index contributed by atoms with van der Waals surface area (Å²) in [5.41, 5.74) is 3.62. The molecule has 1 aliphatic carbocycles. The molecule has 1 saturated carbocycles. The average Bonchev–Trinajstić information content (AvgIpc) is 3.58. The summed E-state index contributed by atoms with van der Waals surface area (Å²) in [7, 11) is 0. The molecule has 0 radical (unpaired) electrons. The maximum Gasteiger partial charge on any atom is 0.253 e. The summed E-state index contributed by atoms with van der Waals surface area (Å²) in [6.45, 7) is 7.39. The van der Waals surface area contributed by atoms with Crippen molar-refractivity contribution in [3.05, 3.63) is 46.8 Å². The number of benzene rings is 1. The van der Waals surface area contributed by atoms with E-state index in [1.54, 1.807) is 0 Å². The number of nitrogens with one attached hydrogen (secondary N) is 1. The van der Waals surface area contributed by atoms with Crippen molar-refractivity contribution in [1.29, 1.82) is 0 Å². The van der Waals surface area contributed by atoms with Crippen molar-refractivity contribution < 1.29 is 14.1 Å². The van der Waals surface area contributed by atoms with E-state index in [1.807, 2.05) is 43.0 Å². The first kappa shape index (κ1) is 20.2. The molecule has 0 bridgehead atoms. The lowest BCUT2D eigenvalue weighted by atomic mass is 9.77. The van der Waals surface area contributed by atoms with E-state index in [4.69, 9.17) is 4.52 Å². The predicted molar refractivity (Wildman–Crippen MR) is 117 cm³/mol. The summed E-state index contributed by atoms with van der Waals surface area (Å²) in [5, 5.41) is 7.02. The van der Waals surface area contributed by atoms with Gasteiger partial charge in [-0.3, -0.25) is 14.5 Å². The normalized spacial score (nSPS) is 23.6. The number of aromatic nitrogens is 1. The molecule has 1 atom stereocenters. The summed E-state index contributed by atoms with van der Waals surface area (Å²) >= 11 is 0. The Morgan fingerprint density at radius 1 is 1.16 bits per heavy atom. The number of piperidine rings is 1. The van der Waals surface area contributed by atoms with Gasteiger partial charge in [0.05, 0.1) is 5.69 Å². The molecule has 31 heavy (non-hydrogen) atoms. The molecule has 2 aromatic rings. The number of rotatable bonds is 5. The fraction of sp³-hybridized carbons (Fsp3) is 0.542. The highest BCUT2D eigenvalue weighted by Gasteiger charge is 2.48. The van der Waals surface area contributed by atoms with E-state index in [0.717, 1.165) is 75.4 Å². The smallest absolute Gasteiger partial charge is 0.253 e. The molecule has 0 unspecified atom stereocenters. The largest absolute Gasteiger partial charge is 0.361 e. The van der Waals surface area contributed by atoms with Gasteiger partial charge in [-0.2, -0.15) is 0 Å². The third-order valence-corrected chi connectivity index (χ3v) is 7.24. The quantitative estimate of drug-likeness (QED) is 0.798. The summed E-state index contributed by atoms with van der Waals surface area (Å²) in [5.74, 6) is 1.21. The minimum atomic E-state index is 0.0578. The fourth-order valence-corrected chi connectivity index (χ4v) is 4.97. The van der Waals surface area contributed by atoms with Crippen LogP contribution in [0.2, 0.25) is 0 Å². The summed E-state index contributed by atoms with van der Waals surface area (Å²) in [6.07, 6.45) is 5.21. The van der Waals surface area contributed by atoms with Crippen molar-refractivity contribution in [1.82, 2.24) is 15.0 Å². The Labute approximate surface area is 182 Å². The van der Waals surface area contributed by atoms with Crippen molar-refractivity contribution in [2.45, 2.75) is 58.0 Å². The van der Waals surface area contributed by atoms with Gasteiger partial charge < -0.3 is 14.7 Å². The van der Waals surface area contributed by atoms with Crippen LogP contribution >= 0.6 is 0 Å². The zero-order valence-corrected chi connectivity index (χ0v) is 18.3. The molecule has 5 rings (SSSR count). The molecule has 1 aromatic carbocycles. The molecular weight excluding hydrogens is 392 g/mol. The van der Waals surface area contributed by atoms with Gasteiger partial charge in [0.15, 0.2) is 0 Å². The van der Waals surface area contributed by atoms with Crippen LogP contribution in [0.1, 0.15) is 59.5 Å². The van der Waals surface area contributed by atoms with Crippen molar-refractivity contribution in [3.8, 4) is 0 Å². The van der Waals surface area contributed by atoms with Crippen LogP contribution in [0.5, 0.6) is 0 Å². The number of likely N-dealkylation sites (tertiary alicyclic amines) is 2. The number of aryl methyl sites for hydroxylation is 2. The molecule has 7 heteroatoms. The summed E-state index contributed by atoms with van der Waals surface area (Å²) in [4.78, 5) is 29.6. The predicted octanol–water partition coefficient (Wildman–Crippen LogP) is 3.52. The van der Waals surface area contributed by atoms with Gasteiger partial charge in [0, 0.05) is 54.5 Å². The zero-order valence-electron chi connectivity index (χ0n) is 18.3.